The summed E-state index contributed by atoms with van der Waals surface area (Å²) in [6, 6.07) is 13.2. The third-order valence-electron chi connectivity index (χ3n) is 3.67. The SMILES string of the molecule is CCCNC(CCN(C)Cc1ccoc1)c1ccccc1. The van der Waals surface area contributed by atoms with Gasteiger partial charge in [0.15, 0.2) is 0 Å². The molecule has 0 spiro atoms. The summed E-state index contributed by atoms with van der Waals surface area (Å²) in [6.07, 6.45) is 5.83. The summed E-state index contributed by atoms with van der Waals surface area (Å²) >= 11 is 0. The highest BCUT2D eigenvalue weighted by atomic mass is 16.3. The zero-order valence-corrected chi connectivity index (χ0v) is 13.1. The van der Waals surface area contributed by atoms with Crippen molar-refractivity contribution < 1.29 is 4.42 Å². The maximum atomic E-state index is 5.12. The fourth-order valence-electron chi connectivity index (χ4n) is 2.51. The van der Waals surface area contributed by atoms with Gasteiger partial charge >= 0.3 is 0 Å². The highest BCUT2D eigenvalue weighted by Crippen LogP contribution is 2.17. The van der Waals surface area contributed by atoms with Crippen LogP contribution in [-0.4, -0.2) is 25.0 Å². The van der Waals surface area contributed by atoms with Crippen molar-refractivity contribution in [1.82, 2.24) is 10.2 Å². The predicted molar refractivity (Wildman–Crippen MR) is 87.1 cm³/mol. The molecule has 0 bridgehead atoms. The minimum atomic E-state index is 0.429. The van der Waals surface area contributed by atoms with Crippen molar-refractivity contribution in [1.29, 1.82) is 0 Å². The molecule has 0 aliphatic rings. The molecular formula is C18H26N2O. The molecule has 0 saturated heterocycles. The zero-order valence-electron chi connectivity index (χ0n) is 13.1. The van der Waals surface area contributed by atoms with Crippen molar-refractivity contribution >= 4 is 0 Å². The van der Waals surface area contributed by atoms with Crippen molar-refractivity contribution in [2.75, 3.05) is 20.1 Å². The molecule has 0 amide bonds. The third kappa shape index (κ3) is 5.37. The Bertz CT molecular complexity index is 481. The van der Waals surface area contributed by atoms with Gasteiger partial charge in [0.2, 0.25) is 0 Å². The van der Waals surface area contributed by atoms with Crippen LogP contribution < -0.4 is 5.32 Å². The molecule has 1 aromatic heterocycles. The largest absolute Gasteiger partial charge is 0.472 e. The van der Waals surface area contributed by atoms with Crippen LogP contribution in [0.5, 0.6) is 0 Å². The van der Waals surface area contributed by atoms with Gasteiger partial charge in [0, 0.05) is 18.2 Å². The normalized spacial score (nSPS) is 12.7. The summed E-state index contributed by atoms with van der Waals surface area (Å²) in [5.74, 6) is 0. The number of rotatable bonds is 9. The number of hydrogen-bond acceptors (Lipinski definition) is 3. The van der Waals surface area contributed by atoms with E-state index >= 15 is 0 Å². The third-order valence-corrected chi connectivity index (χ3v) is 3.67. The second kappa shape index (κ2) is 8.65. The molecule has 1 aromatic carbocycles. The van der Waals surface area contributed by atoms with Crippen molar-refractivity contribution in [3.8, 4) is 0 Å². The molecule has 0 fully saturated rings. The van der Waals surface area contributed by atoms with Gasteiger partial charge in [-0.05, 0) is 44.6 Å². The molecular weight excluding hydrogens is 260 g/mol. The van der Waals surface area contributed by atoms with E-state index in [0.717, 1.165) is 32.5 Å². The first-order chi connectivity index (χ1) is 10.3. The van der Waals surface area contributed by atoms with Crippen LogP contribution in [0, 0.1) is 0 Å². The van der Waals surface area contributed by atoms with E-state index in [1.54, 1.807) is 6.26 Å². The smallest absolute Gasteiger partial charge is 0.0947 e. The standard InChI is InChI=1S/C18H26N2O/c1-3-11-19-18(17-7-5-4-6-8-17)9-12-20(2)14-16-10-13-21-15-16/h4-8,10,13,15,18-19H,3,9,11-12,14H2,1-2H3. The van der Waals surface area contributed by atoms with Crippen molar-refractivity contribution in [2.24, 2.45) is 0 Å². The Morgan fingerprint density at radius 2 is 2.00 bits per heavy atom. The average Bonchev–Trinajstić information content (AvgIpc) is 3.01. The van der Waals surface area contributed by atoms with E-state index in [1.807, 2.05) is 12.3 Å². The molecule has 3 nitrogen and oxygen atoms in total. The van der Waals surface area contributed by atoms with E-state index in [1.165, 1.54) is 11.1 Å². The topological polar surface area (TPSA) is 28.4 Å². The number of nitrogens with one attached hydrogen (secondary N) is 1. The van der Waals surface area contributed by atoms with Gasteiger partial charge in [-0.15, -0.1) is 0 Å². The molecule has 1 unspecified atom stereocenters. The lowest BCUT2D eigenvalue weighted by atomic mass is 10.0. The van der Waals surface area contributed by atoms with Crippen LogP contribution in [-0.2, 0) is 6.54 Å². The molecule has 0 aliphatic heterocycles. The van der Waals surface area contributed by atoms with Crippen LogP contribution in [0.15, 0.2) is 53.3 Å². The number of benzene rings is 1. The summed E-state index contributed by atoms with van der Waals surface area (Å²) in [6.45, 7) is 5.26. The number of furan rings is 1. The maximum Gasteiger partial charge on any atom is 0.0947 e. The van der Waals surface area contributed by atoms with Gasteiger partial charge in [-0.25, -0.2) is 0 Å². The van der Waals surface area contributed by atoms with Gasteiger partial charge < -0.3 is 14.6 Å². The van der Waals surface area contributed by atoms with Crippen LogP contribution in [0.1, 0.15) is 36.9 Å². The predicted octanol–water partition coefficient (Wildman–Crippen LogP) is 3.84. The van der Waals surface area contributed by atoms with Gasteiger partial charge in [0.25, 0.3) is 0 Å². The highest BCUT2D eigenvalue weighted by molar-refractivity contribution is 5.18. The molecule has 3 heteroatoms. The Hall–Kier alpha value is -1.58. The monoisotopic (exact) mass is 286 g/mol. The van der Waals surface area contributed by atoms with E-state index in [-0.39, 0.29) is 0 Å². The summed E-state index contributed by atoms with van der Waals surface area (Å²) in [7, 11) is 2.16. The lowest BCUT2D eigenvalue weighted by molar-refractivity contribution is 0.299. The van der Waals surface area contributed by atoms with Gasteiger partial charge in [-0.1, -0.05) is 37.3 Å². The zero-order chi connectivity index (χ0) is 14.9. The lowest BCUT2D eigenvalue weighted by Gasteiger charge is -2.23. The molecule has 1 atom stereocenters. The first-order valence-corrected chi connectivity index (χ1v) is 7.77. The van der Waals surface area contributed by atoms with E-state index in [2.05, 4.69) is 54.5 Å². The fourth-order valence-corrected chi connectivity index (χ4v) is 2.51. The Kier molecular flexibility index (Phi) is 6.51. The van der Waals surface area contributed by atoms with Crippen molar-refractivity contribution in [3.63, 3.8) is 0 Å². The van der Waals surface area contributed by atoms with Crippen LogP contribution in [0.4, 0.5) is 0 Å². The van der Waals surface area contributed by atoms with Crippen molar-refractivity contribution in [2.45, 2.75) is 32.4 Å². The van der Waals surface area contributed by atoms with E-state index < -0.39 is 0 Å². The van der Waals surface area contributed by atoms with Gasteiger partial charge in [0.1, 0.15) is 0 Å². The van der Waals surface area contributed by atoms with Gasteiger partial charge in [-0.2, -0.15) is 0 Å². The van der Waals surface area contributed by atoms with Crippen LogP contribution >= 0.6 is 0 Å². The van der Waals surface area contributed by atoms with E-state index in [9.17, 15) is 0 Å². The maximum absolute atomic E-state index is 5.12. The average molecular weight is 286 g/mol. The molecule has 2 aromatic rings. The second-order valence-corrected chi connectivity index (χ2v) is 5.58. The Labute approximate surface area is 128 Å². The van der Waals surface area contributed by atoms with Crippen LogP contribution in [0.3, 0.4) is 0 Å². The minimum Gasteiger partial charge on any atom is -0.472 e. The van der Waals surface area contributed by atoms with Crippen molar-refractivity contribution in [3.05, 3.63) is 60.1 Å². The molecule has 0 radical (unpaired) electrons. The molecule has 2 rings (SSSR count). The Morgan fingerprint density at radius 1 is 1.19 bits per heavy atom. The Balaban J connectivity index is 1.86. The molecule has 1 heterocycles. The molecule has 114 valence electrons. The van der Waals surface area contributed by atoms with E-state index in [4.69, 9.17) is 4.42 Å². The summed E-state index contributed by atoms with van der Waals surface area (Å²) in [4.78, 5) is 2.34. The molecule has 1 N–H and O–H groups in total. The first-order valence-electron chi connectivity index (χ1n) is 7.77. The molecule has 0 aliphatic carbocycles. The summed E-state index contributed by atoms with van der Waals surface area (Å²) in [5, 5.41) is 3.65. The number of hydrogen-bond donors (Lipinski definition) is 1. The summed E-state index contributed by atoms with van der Waals surface area (Å²) < 4.78 is 5.12. The van der Waals surface area contributed by atoms with Gasteiger partial charge in [0.05, 0.1) is 12.5 Å². The van der Waals surface area contributed by atoms with Crippen LogP contribution in [0.25, 0.3) is 0 Å². The lowest BCUT2D eigenvalue weighted by Crippen LogP contribution is -2.27. The first kappa shape index (κ1) is 15.8. The second-order valence-electron chi connectivity index (χ2n) is 5.58. The minimum absolute atomic E-state index is 0.429. The number of nitrogens with zero attached hydrogens (tertiary/aromatic N) is 1. The summed E-state index contributed by atoms with van der Waals surface area (Å²) in [5.41, 5.74) is 2.61. The van der Waals surface area contributed by atoms with E-state index in [0.29, 0.717) is 6.04 Å². The molecule has 0 saturated carbocycles. The van der Waals surface area contributed by atoms with Crippen LogP contribution in [0.2, 0.25) is 0 Å². The fraction of sp³-hybridized carbons (Fsp3) is 0.444. The Morgan fingerprint density at radius 3 is 2.67 bits per heavy atom. The van der Waals surface area contributed by atoms with Gasteiger partial charge in [-0.3, -0.25) is 0 Å². The quantitative estimate of drug-likeness (QED) is 0.759. The molecule has 21 heavy (non-hydrogen) atoms. The highest BCUT2D eigenvalue weighted by Gasteiger charge is 2.11.